The van der Waals surface area contributed by atoms with Crippen molar-refractivity contribution in [1.29, 1.82) is 0 Å². The lowest BCUT2D eigenvalue weighted by Gasteiger charge is -2.11. The van der Waals surface area contributed by atoms with E-state index >= 15 is 0 Å². The van der Waals surface area contributed by atoms with Crippen LogP contribution in [0.1, 0.15) is 43.0 Å². The third-order valence-electron chi connectivity index (χ3n) is 3.15. The normalized spacial score (nSPS) is 15.8. The molecule has 1 aliphatic rings. The van der Waals surface area contributed by atoms with E-state index < -0.39 is 4.92 Å². The highest BCUT2D eigenvalue weighted by Gasteiger charge is 2.20. The molecule has 0 spiro atoms. The first-order chi connectivity index (χ1) is 8.58. The van der Waals surface area contributed by atoms with E-state index in [9.17, 15) is 14.9 Å². The second-order valence-electron chi connectivity index (χ2n) is 4.52. The van der Waals surface area contributed by atoms with Crippen LogP contribution in [0.25, 0.3) is 0 Å². The molecule has 4 nitrogen and oxygen atoms in total. The highest BCUT2D eigenvalue weighted by atomic mass is 32.2. The predicted octanol–water partition coefficient (Wildman–Crippen LogP) is 3.83. The van der Waals surface area contributed by atoms with Crippen molar-refractivity contribution in [2.45, 2.75) is 42.8 Å². The Morgan fingerprint density at radius 3 is 2.61 bits per heavy atom. The number of nitro benzene ring substituents is 1. The molecule has 0 unspecified atom stereocenters. The highest BCUT2D eigenvalue weighted by molar-refractivity contribution is 8.00. The van der Waals surface area contributed by atoms with Crippen molar-refractivity contribution in [1.82, 2.24) is 0 Å². The van der Waals surface area contributed by atoms with Crippen LogP contribution in [0.15, 0.2) is 23.1 Å². The zero-order chi connectivity index (χ0) is 13.1. The third kappa shape index (κ3) is 2.90. The predicted molar refractivity (Wildman–Crippen MR) is 71.2 cm³/mol. The van der Waals surface area contributed by atoms with Gasteiger partial charge in [0.2, 0.25) is 0 Å². The smallest absolute Gasteiger partial charge is 0.270 e. The number of thioether (sulfide) groups is 1. The Morgan fingerprint density at radius 2 is 2.06 bits per heavy atom. The van der Waals surface area contributed by atoms with Gasteiger partial charge in [-0.3, -0.25) is 14.9 Å². The molecule has 0 N–H and O–H groups in total. The molecule has 1 aliphatic carbocycles. The molecular formula is C13H15NO3S. The first-order valence-corrected chi connectivity index (χ1v) is 6.92. The van der Waals surface area contributed by atoms with E-state index in [2.05, 4.69) is 0 Å². The monoisotopic (exact) mass is 265 g/mol. The van der Waals surface area contributed by atoms with Gasteiger partial charge in [0.25, 0.3) is 5.69 Å². The number of nitrogens with zero attached hydrogens (tertiary/aromatic N) is 1. The fraction of sp³-hybridized carbons (Fsp3) is 0.462. The minimum absolute atomic E-state index is 0.0176. The van der Waals surface area contributed by atoms with Gasteiger partial charge in [0, 0.05) is 27.8 Å². The molecule has 0 radical (unpaired) electrons. The fourth-order valence-electron chi connectivity index (χ4n) is 2.20. The van der Waals surface area contributed by atoms with Gasteiger partial charge in [-0.25, -0.2) is 0 Å². The molecule has 5 heteroatoms. The summed E-state index contributed by atoms with van der Waals surface area (Å²) in [5.41, 5.74) is 0.456. The quantitative estimate of drug-likeness (QED) is 0.471. The van der Waals surface area contributed by atoms with E-state index in [1.807, 2.05) is 0 Å². The summed E-state index contributed by atoms with van der Waals surface area (Å²) in [6.07, 6.45) is 4.80. The van der Waals surface area contributed by atoms with Gasteiger partial charge in [-0.05, 0) is 25.8 Å². The number of rotatable bonds is 4. The summed E-state index contributed by atoms with van der Waals surface area (Å²) < 4.78 is 0. The van der Waals surface area contributed by atoms with Gasteiger partial charge in [0.05, 0.1) is 4.92 Å². The van der Waals surface area contributed by atoms with E-state index in [1.54, 1.807) is 17.8 Å². The van der Waals surface area contributed by atoms with Gasteiger partial charge in [0.15, 0.2) is 5.78 Å². The number of benzene rings is 1. The van der Waals surface area contributed by atoms with Crippen LogP contribution in [0.4, 0.5) is 5.69 Å². The molecule has 18 heavy (non-hydrogen) atoms. The second-order valence-corrected chi connectivity index (χ2v) is 5.86. The van der Waals surface area contributed by atoms with Gasteiger partial charge in [-0.2, -0.15) is 0 Å². The van der Waals surface area contributed by atoms with Crippen molar-refractivity contribution in [2.75, 3.05) is 0 Å². The number of carbonyl (C=O) groups excluding carboxylic acids is 1. The maximum Gasteiger partial charge on any atom is 0.270 e. The Labute approximate surface area is 110 Å². The lowest BCUT2D eigenvalue weighted by atomic mass is 10.1. The SMILES string of the molecule is CC(=O)c1cc([N+](=O)[O-])ccc1SC1CCCC1. The van der Waals surface area contributed by atoms with E-state index in [1.165, 1.54) is 44.7 Å². The van der Waals surface area contributed by atoms with Crippen LogP contribution >= 0.6 is 11.8 Å². The van der Waals surface area contributed by atoms with Crippen molar-refractivity contribution < 1.29 is 9.72 Å². The average molecular weight is 265 g/mol. The Morgan fingerprint density at radius 1 is 1.39 bits per heavy atom. The number of nitro groups is 1. The summed E-state index contributed by atoms with van der Waals surface area (Å²) >= 11 is 1.68. The summed E-state index contributed by atoms with van der Waals surface area (Å²) in [6.45, 7) is 1.46. The second kappa shape index (κ2) is 5.52. The Bertz CT molecular complexity index is 481. The van der Waals surface area contributed by atoms with Gasteiger partial charge < -0.3 is 0 Å². The molecule has 1 aromatic carbocycles. The maximum atomic E-state index is 11.6. The number of ketones is 1. The summed E-state index contributed by atoms with van der Waals surface area (Å²) in [5.74, 6) is -0.112. The lowest BCUT2D eigenvalue weighted by molar-refractivity contribution is -0.384. The number of hydrogen-bond acceptors (Lipinski definition) is 4. The van der Waals surface area contributed by atoms with Crippen LogP contribution in [-0.2, 0) is 0 Å². The average Bonchev–Trinajstić information content (AvgIpc) is 2.81. The van der Waals surface area contributed by atoms with Gasteiger partial charge in [0.1, 0.15) is 0 Å². The van der Waals surface area contributed by atoms with Crippen LogP contribution < -0.4 is 0 Å². The van der Waals surface area contributed by atoms with Crippen molar-refractivity contribution in [2.24, 2.45) is 0 Å². The third-order valence-corrected chi connectivity index (χ3v) is 4.56. The molecule has 0 atom stereocenters. The molecule has 0 heterocycles. The first-order valence-electron chi connectivity index (χ1n) is 6.04. The van der Waals surface area contributed by atoms with Gasteiger partial charge in [-0.1, -0.05) is 12.8 Å². The highest BCUT2D eigenvalue weighted by Crippen LogP contribution is 2.37. The van der Waals surface area contributed by atoms with Crippen molar-refractivity contribution in [3.63, 3.8) is 0 Å². The van der Waals surface area contributed by atoms with E-state index in [-0.39, 0.29) is 11.5 Å². The van der Waals surface area contributed by atoms with Crippen molar-refractivity contribution in [3.05, 3.63) is 33.9 Å². The van der Waals surface area contributed by atoms with Gasteiger partial charge >= 0.3 is 0 Å². The molecule has 2 rings (SSSR count). The van der Waals surface area contributed by atoms with Crippen LogP contribution in [0.3, 0.4) is 0 Å². The molecule has 1 fully saturated rings. The summed E-state index contributed by atoms with van der Waals surface area (Å²) in [5, 5.41) is 11.3. The molecule has 0 bridgehead atoms. The molecule has 0 aliphatic heterocycles. The zero-order valence-electron chi connectivity index (χ0n) is 10.2. The Kier molecular flexibility index (Phi) is 4.01. The zero-order valence-corrected chi connectivity index (χ0v) is 11.0. The van der Waals surface area contributed by atoms with E-state index in [4.69, 9.17) is 0 Å². The summed E-state index contributed by atoms with van der Waals surface area (Å²) in [4.78, 5) is 22.7. The largest absolute Gasteiger partial charge is 0.294 e. The van der Waals surface area contributed by atoms with Crippen LogP contribution in [0.2, 0.25) is 0 Å². The minimum atomic E-state index is -0.462. The number of hydrogen-bond donors (Lipinski definition) is 0. The number of carbonyl (C=O) groups is 1. The fourth-order valence-corrected chi connectivity index (χ4v) is 3.60. The molecule has 1 aromatic rings. The molecule has 0 aromatic heterocycles. The molecule has 0 amide bonds. The van der Waals surface area contributed by atoms with E-state index in [0.29, 0.717) is 10.8 Å². The van der Waals surface area contributed by atoms with Gasteiger partial charge in [-0.15, -0.1) is 11.8 Å². The Balaban J connectivity index is 2.28. The number of Topliss-reactive ketones (excluding diaryl/α,β-unsaturated/α-hetero) is 1. The molecule has 96 valence electrons. The van der Waals surface area contributed by atoms with Crippen molar-refractivity contribution in [3.8, 4) is 0 Å². The standard InChI is InChI=1S/C13H15NO3S/c1-9(15)12-8-10(14(16)17)6-7-13(12)18-11-4-2-3-5-11/h6-8,11H,2-5H2,1H3. The topological polar surface area (TPSA) is 60.2 Å². The van der Waals surface area contributed by atoms with Crippen LogP contribution in [-0.4, -0.2) is 16.0 Å². The van der Waals surface area contributed by atoms with Crippen molar-refractivity contribution >= 4 is 23.2 Å². The lowest BCUT2D eigenvalue weighted by Crippen LogP contribution is -2.01. The summed E-state index contributed by atoms with van der Waals surface area (Å²) in [6, 6.07) is 4.57. The minimum Gasteiger partial charge on any atom is -0.294 e. The molecule has 0 saturated heterocycles. The van der Waals surface area contributed by atoms with E-state index in [0.717, 1.165) is 4.90 Å². The molecule has 1 saturated carbocycles. The van der Waals surface area contributed by atoms with Crippen LogP contribution in [0.5, 0.6) is 0 Å². The van der Waals surface area contributed by atoms with Crippen LogP contribution in [0, 0.1) is 10.1 Å². The summed E-state index contributed by atoms with van der Waals surface area (Å²) in [7, 11) is 0. The first kappa shape index (κ1) is 13.1. The number of non-ortho nitro benzene ring substituents is 1. The Hall–Kier alpha value is -1.36. The molecular weight excluding hydrogens is 250 g/mol. The maximum absolute atomic E-state index is 11.6.